The predicted molar refractivity (Wildman–Crippen MR) is 213 cm³/mol. The van der Waals surface area contributed by atoms with E-state index in [1.165, 1.54) is 44.6 Å². The molecule has 0 saturated carbocycles. The van der Waals surface area contributed by atoms with E-state index in [2.05, 4.69) is 9.47 Å². The molecule has 3 heterocycles. The van der Waals surface area contributed by atoms with Crippen LogP contribution in [0.2, 0.25) is 0 Å². The molecule has 4 atom stereocenters. The highest BCUT2D eigenvalue weighted by Gasteiger charge is 2.31. The van der Waals surface area contributed by atoms with Crippen LogP contribution in [0.4, 0.5) is 0 Å². The molecule has 0 aromatic carbocycles. The summed E-state index contributed by atoms with van der Waals surface area (Å²) in [4.78, 5) is 71.5. The van der Waals surface area contributed by atoms with Crippen molar-refractivity contribution in [2.24, 2.45) is 5.92 Å². The summed E-state index contributed by atoms with van der Waals surface area (Å²) in [6.07, 6.45) is 9.87. The number of thiophene rings is 1. The maximum atomic E-state index is 12.9. The van der Waals surface area contributed by atoms with Gasteiger partial charge in [0.1, 0.15) is 34.1 Å². The van der Waals surface area contributed by atoms with Crippen LogP contribution in [-0.2, 0) is 19.1 Å². The molecule has 0 spiro atoms. The van der Waals surface area contributed by atoms with E-state index >= 15 is 0 Å². The van der Waals surface area contributed by atoms with Crippen molar-refractivity contribution in [3.8, 4) is 16.6 Å². The molecule has 0 bridgehead atoms. The number of rotatable bonds is 21. The summed E-state index contributed by atoms with van der Waals surface area (Å²) in [6.45, 7) is 9.32. The number of allylic oxidation sites excluding steroid dienone is 2. The molecule has 0 amide bonds. The Labute approximate surface area is 335 Å². The summed E-state index contributed by atoms with van der Waals surface area (Å²) >= 11 is 1.23. The van der Waals surface area contributed by atoms with E-state index in [9.17, 15) is 44.1 Å². The van der Waals surface area contributed by atoms with Crippen molar-refractivity contribution in [3.05, 3.63) is 96.9 Å². The lowest BCUT2D eigenvalue weighted by Crippen LogP contribution is -2.25. The minimum Gasteiger partial charge on any atom is -0.507 e. The number of hydrogen-bond acceptors (Lipinski definition) is 15. The van der Waals surface area contributed by atoms with Crippen molar-refractivity contribution in [2.45, 2.75) is 104 Å². The number of aliphatic hydroxyl groups is 1. The fourth-order valence-corrected chi connectivity index (χ4v) is 6.25. The van der Waals surface area contributed by atoms with E-state index in [1.54, 1.807) is 31.2 Å². The molecule has 0 aliphatic carbocycles. The van der Waals surface area contributed by atoms with Crippen LogP contribution in [0.5, 0.6) is 16.6 Å². The molecule has 0 saturated heterocycles. The lowest BCUT2D eigenvalue weighted by atomic mass is 9.93. The van der Waals surface area contributed by atoms with Crippen molar-refractivity contribution in [1.82, 2.24) is 0 Å². The number of aromatic hydroxyl groups is 2. The summed E-state index contributed by atoms with van der Waals surface area (Å²) in [5.74, 6) is -3.29. The lowest BCUT2D eigenvalue weighted by Gasteiger charge is -2.17. The van der Waals surface area contributed by atoms with Gasteiger partial charge in [-0.3, -0.25) is 19.2 Å². The van der Waals surface area contributed by atoms with Crippen LogP contribution in [0.3, 0.4) is 0 Å². The predicted octanol–water partition coefficient (Wildman–Crippen LogP) is 7.69. The quantitative estimate of drug-likeness (QED) is 0.0534. The standard InChI is InChI=1S/C25H32O8S.C17H22O6/c1-5-13-32-21-12-11-19(34-21)23(28)16(3)24(29)22-17(26)14-18(33-25(22)30)15(2)9-7-6-8-10-20(27)31-4;1-4-12(18)16-13(19)10-14(23-17(16)21)11(2)8-6-5-7-9-15(20)22-3/h6,8,11-12,14-16,23,26,28H,5,7,9-10,13H2,1-4H3;5,7,10-11,19H,4,6,8-9H2,1-3H3/b8-6+;7-5+. The summed E-state index contributed by atoms with van der Waals surface area (Å²) in [5, 5.41) is 31.6. The molecular formula is C42H54O14S. The van der Waals surface area contributed by atoms with E-state index in [1.807, 2.05) is 32.9 Å². The molecule has 3 N–H and O–H groups in total. The van der Waals surface area contributed by atoms with E-state index in [-0.39, 0.29) is 60.1 Å². The molecule has 57 heavy (non-hydrogen) atoms. The smallest absolute Gasteiger partial charge is 0.350 e. The Morgan fingerprint density at radius 2 is 1.26 bits per heavy atom. The summed E-state index contributed by atoms with van der Waals surface area (Å²) in [5.41, 5.74) is -2.51. The number of carbonyl (C=O) groups excluding carboxylic acids is 4. The summed E-state index contributed by atoms with van der Waals surface area (Å²) in [7, 11) is 2.66. The number of methoxy groups -OCH3 is 2. The van der Waals surface area contributed by atoms with Crippen molar-refractivity contribution >= 4 is 34.8 Å². The van der Waals surface area contributed by atoms with Gasteiger partial charge in [-0.25, -0.2) is 9.59 Å². The number of hydrogen-bond donors (Lipinski definition) is 3. The highest BCUT2D eigenvalue weighted by molar-refractivity contribution is 7.13. The molecule has 3 aromatic heterocycles. The second-order valence-corrected chi connectivity index (χ2v) is 14.3. The van der Waals surface area contributed by atoms with Gasteiger partial charge in [0, 0.05) is 35.3 Å². The van der Waals surface area contributed by atoms with Crippen molar-refractivity contribution in [2.75, 3.05) is 20.8 Å². The lowest BCUT2D eigenvalue weighted by molar-refractivity contribution is -0.140. The van der Waals surface area contributed by atoms with Gasteiger partial charge in [0.05, 0.1) is 45.7 Å². The van der Waals surface area contributed by atoms with Crippen LogP contribution in [0, 0.1) is 5.92 Å². The van der Waals surface area contributed by atoms with Gasteiger partial charge in [0.2, 0.25) is 0 Å². The van der Waals surface area contributed by atoms with E-state index in [4.69, 9.17) is 13.6 Å². The first-order chi connectivity index (χ1) is 27.1. The Morgan fingerprint density at radius 3 is 1.70 bits per heavy atom. The van der Waals surface area contributed by atoms with E-state index < -0.39 is 46.2 Å². The number of carbonyl (C=O) groups is 4. The highest BCUT2D eigenvalue weighted by atomic mass is 32.1. The molecule has 0 fully saturated rings. The highest BCUT2D eigenvalue weighted by Crippen LogP contribution is 2.35. The van der Waals surface area contributed by atoms with Gasteiger partial charge in [0.25, 0.3) is 0 Å². The first-order valence-electron chi connectivity index (χ1n) is 18.7. The van der Waals surface area contributed by atoms with Crippen LogP contribution in [0.25, 0.3) is 0 Å². The average molecular weight is 815 g/mol. The van der Waals surface area contributed by atoms with E-state index in [0.29, 0.717) is 48.0 Å². The maximum Gasteiger partial charge on any atom is 0.350 e. The van der Waals surface area contributed by atoms with Gasteiger partial charge < -0.3 is 38.4 Å². The van der Waals surface area contributed by atoms with Gasteiger partial charge in [-0.1, -0.05) is 58.9 Å². The average Bonchev–Trinajstić information content (AvgIpc) is 3.67. The summed E-state index contributed by atoms with van der Waals surface area (Å²) in [6, 6.07) is 6.01. The van der Waals surface area contributed by atoms with Crippen molar-refractivity contribution in [3.63, 3.8) is 0 Å². The molecule has 0 aliphatic rings. The van der Waals surface area contributed by atoms with Crippen LogP contribution >= 0.6 is 11.3 Å². The fraction of sp³-hybridized carbons (Fsp3) is 0.476. The Bertz CT molecular complexity index is 1970. The molecule has 15 heteroatoms. The SMILES string of the molecule is CCC(=O)c1c(O)cc(C(C)CC/C=C/CC(=O)OC)oc1=O.CCCOc1ccc(C(O)C(C)C(=O)c2c(O)cc(C(C)CC/C=C/CC(=O)OC)oc2=O)s1. The molecule has 14 nitrogen and oxygen atoms in total. The van der Waals surface area contributed by atoms with Crippen molar-refractivity contribution in [1.29, 1.82) is 0 Å². The number of esters is 2. The van der Waals surface area contributed by atoms with Gasteiger partial charge in [0.15, 0.2) is 16.6 Å². The Morgan fingerprint density at radius 1 is 0.772 bits per heavy atom. The van der Waals surface area contributed by atoms with Gasteiger partial charge in [-0.05, 0) is 44.2 Å². The zero-order valence-corrected chi connectivity index (χ0v) is 34.3. The number of aliphatic hydroxyl groups excluding tert-OH is 1. The van der Waals surface area contributed by atoms with Crippen LogP contribution < -0.4 is 16.0 Å². The van der Waals surface area contributed by atoms with Crippen LogP contribution in [-0.4, -0.2) is 59.7 Å². The molecular weight excluding hydrogens is 761 g/mol. The number of ether oxygens (including phenoxy) is 3. The molecule has 3 aromatic rings. The Balaban J connectivity index is 0.000000425. The normalized spacial score (nSPS) is 13.3. The second kappa shape index (κ2) is 24.4. The molecule has 312 valence electrons. The summed E-state index contributed by atoms with van der Waals surface area (Å²) < 4.78 is 25.1. The van der Waals surface area contributed by atoms with Crippen molar-refractivity contribution < 1.29 is 57.5 Å². The number of Topliss-reactive ketones (excluding diaryl/α,β-unsaturated/α-hetero) is 2. The first-order valence-corrected chi connectivity index (χ1v) is 19.6. The van der Waals surface area contributed by atoms with E-state index in [0.717, 1.165) is 6.42 Å². The number of ketones is 2. The zero-order valence-electron chi connectivity index (χ0n) is 33.5. The van der Waals surface area contributed by atoms with Gasteiger partial charge in [-0.2, -0.15) is 0 Å². The molecule has 4 unspecified atom stereocenters. The second-order valence-electron chi connectivity index (χ2n) is 13.2. The van der Waals surface area contributed by atoms with Crippen LogP contribution in [0.15, 0.2) is 67.0 Å². The Hall–Kier alpha value is -5.28. The maximum absolute atomic E-state index is 12.9. The van der Waals surface area contributed by atoms with Gasteiger partial charge in [-0.15, -0.1) is 11.3 Å². The zero-order chi connectivity index (χ0) is 42.7. The Kier molecular flexibility index (Phi) is 20.5. The third-order valence-electron chi connectivity index (χ3n) is 8.84. The molecule has 0 aliphatic heterocycles. The minimum atomic E-state index is -1.16. The molecule has 3 rings (SSSR count). The third kappa shape index (κ3) is 15.0. The minimum absolute atomic E-state index is 0.109. The largest absolute Gasteiger partial charge is 0.507 e. The topological polar surface area (TPSA) is 217 Å². The monoisotopic (exact) mass is 814 g/mol. The van der Waals surface area contributed by atoms with Crippen LogP contribution in [0.1, 0.15) is 141 Å². The molecule has 0 radical (unpaired) electrons. The third-order valence-corrected chi connectivity index (χ3v) is 9.91. The van der Waals surface area contributed by atoms with Gasteiger partial charge >= 0.3 is 23.2 Å². The fourth-order valence-electron chi connectivity index (χ4n) is 5.27. The first kappa shape index (κ1) is 47.9.